The molecule has 0 radical (unpaired) electrons. The van der Waals surface area contributed by atoms with Gasteiger partial charge in [-0.25, -0.2) is 9.59 Å². The molecule has 1 aliphatic heterocycles. The molecule has 1 heterocycles. The van der Waals surface area contributed by atoms with Crippen LogP contribution in [0.1, 0.15) is 33.6 Å². The van der Waals surface area contributed by atoms with Crippen molar-refractivity contribution in [1.82, 2.24) is 10.2 Å². The number of rotatable bonds is 5. The van der Waals surface area contributed by atoms with Gasteiger partial charge < -0.3 is 10.4 Å². The average molecular weight is 298 g/mol. The minimum atomic E-state index is -0.969. The molecule has 6 heteroatoms. The lowest BCUT2D eigenvalue weighted by atomic mass is 10.1. The van der Waals surface area contributed by atoms with E-state index in [1.54, 1.807) is 0 Å². The molecule has 0 aliphatic carbocycles. The molecule has 3 atom stereocenters. The summed E-state index contributed by atoms with van der Waals surface area (Å²) in [5.74, 6) is 2.17. The number of nitrogens with zero attached hydrogens (tertiary/aromatic N) is 1. The first-order valence-corrected chi connectivity index (χ1v) is 7.86. The fraction of sp³-hybridized carbons (Fsp3) is 0.714. The number of aliphatic carboxylic acids is 1. The molecule has 1 aliphatic rings. The van der Waals surface area contributed by atoms with Gasteiger partial charge in [0.15, 0.2) is 0 Å². The second kappa shape index (κ2) is 7.44. The van der Waals surface area contributed by atoms with Crippen molar-refractivity contribution in [3.8, 4) is 12.3 Å². The first-order valence-electron chi connectivity index (χ1n) is 6.81. The number of carbonyl (C=O) groups excluding carboxylic acids is 1. The van der Waals surface area contributed by atoms with E-state index in [1.165, 1.54) is 16.7 Å². The Kier molecular flexibility index (Phi) is 6.21. The largest absolute Gasteiger partial charge is 0.480 e. The summed E-state index contributed by atoms with van der Waals surface area (Å²) in [4.78, 5) is 25.1. The third-order valence-electron chi connectivity index (χ3n) is 3.20. The molecule has 5 nitrogen and oxygen atoms in total. The Hall–Kier alpha value is -1.35. The fourth-order valence-corrected chi connectivity index (χ4v) is 3.67. The average Bonchev–Trinajstić information content (AvgIpc) is 2.83. The van der Waals surface area contributed by atoms with Gasteiger partial charge in [0.2, 0.25) is 0 Å². The van der Waals surface area contributed by atoms with Gasteiger partial charge in [-0.2, -0.15) is 0 Å². The van der Waals surface area contributed by atoms with E-state index in [2.05, 4.69) is 11.2 Å². The molecule has 0 spiro atoms. The molecule has 2 N–H and O–H groups in total. The molecule has 1 saturated heterocycles. The van der Waals surface area contributed by atoms with E-state index in [9.17, 15) is 14.7 Å². The van der Waals surface area contributed by atoms with E-state index >= 15 is 0 Å². The highest BCUT2D eigenvalue weighted by Gasteiger charge is 2.43. The fourth-order valence-electron chi connectivity index (χ4n) is 2.20. The molecule has 0 bridgehead atoms. The number of carbonyl (C=O) groups is 2. The summed E-state index contributed by atoms with van der Waals surface area (Å²) >= 11 is 1.50. The lowest BCUT2D eigenvalue weighted by molar-refractivity contribution is -0.141. The maximum atomic E-state index is 12.4. The molecule has 112 valence electrons. The van der Waals surface area contributed by atoms with Crippen molar-refractivity contribution >= 4 is 23.8 Å². The lowest BCUT2D eigenvalue weighted by Crippen LogP contribution is -2.53. The molecule has 2 amide bonds. The minimum absolute atomic E-state index is 0.129. The Morgan fingerprint density at radius 3 is 2.65 bits per heavy atom. The molecule has 0 aromatic rings. The van der Waals surface area contributed by atoms with E-state index in [0.29, 0.717) is 12.2 Å². The number of thioether (sulfide) groups is 1. The molecular weight excluding hydrogens is 276 g/mol. The van der Waals surface area contributed by atoms with Gasteiger partial charge in [-0.3, -0.25) is 4.90 Å². The van der Waals surface area contributed by atoms with Crippen LogP contribution in [0.25, 0.3) is 0 Å². The summed E-state index contributed by atoms with van der Waals surface area (Å²) in [6.45, 7) is 5.94. The van der Waals surface area contributed by atoms with Gasteiger partial charge in [-0.05, 0) is 12.3 Å². The predicted octanol–water partition coefficient (Wildman–Crippen LogP) is 1.98. The smallest absolute Gasteiger partial charge is 0.327 e. The Balaban J connectivity index is 2.84. The van der Waals surface area contributed by atoms with Crippen molar-refractivity contribution in [1.29, 1.82) is 0 Å². The third kappa shape index (κ3) is 3.83. The summed E-state index contributed by atoms with van der Waals surface area (Å²) < 4.78 is 0. The third-order valence-corrected chi connectivity index (χ3v) is 4.82. The number of terminal acetylenes is 1. The minimum Gasteiger partial charge on any atom is -0.480 e. The van der Waals surface area contributed by atoms with Crippen LogP contribution in [0, 0.1) is 18.3 Å². The van der Waals surface area contributed by atoms with E-state index in [-0.39, 0.29) is 23.4 Å². The summed E-state index contributed by atoms with van der Waals surface area (Å²) in [7, 11) is 0. The Morgan fingerprint density at radius 1 is 1.55 bits per heavy atom. The number of hydrogen-bond donors (Lipinski definition) is 2. The van der Waals surface area contributed by atoms with Gasteiger partial charge in [0.05, 0.1) is 11.4 Å². The van der Waals surface area contributed by atoms with Crippen LogP contribution >= 0.6 is 11.8 Å². The van der Waals surface area contributed by atoms with Crippen LogP contribution in [0.2, 0.25) is 0 Å². The summed E-state index contributed by atoms with van der Waals surface area (Å²) in [6.07, 6.45) is 6.94. The molecule has 1 rings (SSSR count). The molecule has 0 saturated carbocycles. The highest BCUT2D eigenvalue weighted by molar-refractivity contribution is 8.00. The molecule has 0 aromatic heterocycles. The van der Waals surface area contributed by atoms with Crippen molar-refractivity contribution in [3.63, 3.8) is 0 Å². The number of nitrogens with one attached hydrogen (secondary N) is 1. The summed E-state index contributed by atoms with van der Waals surface area (Å²) in [5.41, 5.74) is 0. The van der Waals surface area contributed by atoms with Crippen LogP contribution in [0.4, 0.5) is 4.79 Å². The molecule has 0 aromatic carbocycles. The van der Waals surface area contributed by atoms with Crippen molar-refractivity contribution in [2.24, 2.45) is 5.92 Å². The summed E-state index contributed by atoms with van der Waals surface area (Å²) in [6, 6.07) is -1.51. The number of hydrogen-bond acceptors (Lipinski definition) is 3. The quantitative estimate of drug-likeness (QED) is 0.762. The maximum Gasteiger partial charge on any atom is 0.327 e. The number of urea groups is 1. The van der Waals surface area contributed by atoms with Crippen molar-refractivity contribution in [3.05, 3.63) is 0 Å². The first-order chi connectivity index (χ1) is 9.42. The van der Waals surface area contributed by atoms with Crippen molar-refractivity contribution < 1.29 is 14.7 Å². The Bertz CT molecular complexity index is 406. The Labute approximate surface area is 124 Å². The zero-order valence-corrected chi connectivity index (χ0v) is 12.9. The van der Waals surface area contributed by atoms with Crippen molar-refractivity contribution in [2.75, 3.05) is 5.75 Å². The van der Waals surface area contributed by atoms with E-state index in [1.807, 2.05) is 20.8 Å². The molecular formula is C14H22N2O3S. The predicted molar refractivity (Wildman–Crippen MR) is 80.4 cm³/mol. The number of carboxylic acids is 1. The van der Waals surface area contributed by atoms with Gasteiger partial charge in [-0.15, -0.1) is 18.2 Å². The van der Waals surface area contributed by atoms with Gasteiger partial charge >= 0.3 is 12.0 Å². The van der Waals surface area contributed by atoms with Gasteiger partial charge in [-0.1, -0.05) is 33.1 Å². The van der Waals surface area contributed by atoms with Crippen LogP contribution in [-0.2, 0) is 4.79 Å². The lowest BCUT2D eigenvalue weighted by Gasteiger charge is -2.30. The number of amides is 2. The van der Waals surface area contributed by atoms with E-state index in [4.69, 9.17) is 6.42 Å². The monoisotopic (exact) mass is 298 g/mol. The summed E-state index contributed by atoms with van der Waals surface area (Å²) in [5, 5.41) is 11.9. The normalized spacial score (nSPS) is 23.4. The van der Waals surface area contributed by atoms with Crippen LogP contribution in [0.5, 0.6) is 0 Å². The van der Waals surface area contributed by atoms with Gasteiger partial charge in [0, 0.05) is 5.75 Å². The second-order valence-electron chi connectivity index (χ2n) is 5.19. The number of carboxylic acid groups (broad SMARTS) is 1. The topological polar surface area (TPSA) is 69.6 Å². The highest BCUT2D eigenvalue weighted by atomic mass is 32.2. The molecule has 20 heavy (non-hydrogen) atoms. The van der Waals surface area contributed by atoms with Crippen LogP contribution in [-0.4, -0.2) is 45.2 Å². The van der Waals surface area contributed by atoms with Crippen LogP contribution in [0.3, 0.4) is 0 Å². The van der Waals surface area contributed by atoms with Crippen LogP contribution in [0.15, 0.2) is 0 Å². The maximum absolute atomic E-state index is 12.4. The van der Waals surface area contributed by atoms with Gasteiger partial charge in [0.25, 0.3) is 0 Å². The molecule has 1 fully saturated rings. The zero-order chi connectivity index (χ0) is 15.3. The molecule has 3 unspecified atom stereocenters. The first kappa shape index (κ1) is 16.7. The standard InChI is InChI=1S/C14H22N2O3S/c1-5-7-10(6-2)15-14(19)16-11(13(17)18)8-20-12(16)9(3)4/h2,9-12H,5,7-8H2,1,3-4H3,(H,15,19)(H,17,18). The van der Waals surface area contributed by atoms with E-state index < -0.39 is 12.0 Å². The van der Waals surface area contributed by atoms with E-state index in [0.717, 1.165) is 6.42 Å². The van der Waals surface area contributed by atoms with Crippen molar-refractivity contribution in [2.45, 2.75) is 51.1 Å². The highest BCUT2D eigenvalue weighted by Crippen LogP contribution is 2.34. The SMILES string of the molecule is C#CC(CCC)NC(=O)N1C(C(=O)O)CSC1C(C)C. The van der Waals surface area contributed by atoms with Gasteiger partial charge in [0.1, 0.15) is 6.04 Å². The Morgan fingerprint density at radius 2 is 2.20 bits per heavy atom. The van der Waals surface area contributed by atoms with Crippen LogP contribution < -0.4 is 5.32 Å². The zero-order valence-electron chi connectivity index (χ0n) is 12.1. The second-order valence-corrected chi connectivity index (χ2v) is 6.34.